The van der Waals surface area contributed by atoms with E-state index in [-0.39, 0.29) is 5.41 Å². The van der Waals surface area contributed by atoms with Crippen molar-refractivity contribution in [2.75, 3.05) is 0 Å². The van der Waals surface area contributed by atoms with Crippen LogP contribution in [0, 0.1) is 52.3 Å². The first kappa shape index (κ1) is 21.1. The molecule has 0 heterocycles. The van der Waals surface area contributed by atoms with Crippen LogP contribution in [0.5, 0.6) is 0 Å². The Morgan fingerprint density at radius 1 is 1.00 bits per heavy atom. The molecule has 4 aliphatic carbocycles. The van der Waals surface area contributed by atoms with E-state index in [1.54, 1.807) is 0 Å². The summed E-state index contributed by atoms with van der Waals surface area (Å²) in [6.45, 7) is 14.6. The first-order valence-corrected chi connectivity index (χ1v) is 12.3. The fourth-order valence-corrected chi connectivity index (χ4v) is 7.61. The SMILES string of the molecule is CC(C)[C@@H](C)C=C[C@@H](C)[C@H]1CC[C@H]2[C@@H]3C=CC4=CC(=O)CC[C@]4(C)[C@H]3CC[C@]12C. The zero-order chi connectivity index (χ0) is 21.0. The molecule has 0 aliphatic heterocycles. The van der Waals surface area contributed by atoms with E-state index in [0.717, 1.165) is 36.5 Å². The molecule has 160 valence electrons. The van der Waals surface area contributed by atoms with E-state index in [0.29, 0.717) is 29.0 Å². The van der Waals surface area contributed by atoms with E-state index < -0.39 is 0 Å². The molecule has 0 aromatic heterocycles. The number of carbonyl (C=O) groups excluding carboxylic acids is 1. The summed E-state index contributed by atoms with van der Waals surface area (Å²) in [6.07, 6.45) is 19.1. The molecule has 2 fully saturated rings. The summed E-state index contributed by atoms with van der Waals surface area (Å²) >= 11 is 0. The number of hydrogen-bond donors (Lipinski definition) is 0. The van der Waals surface area contributed by atoms with Crippen LogP contribution in [0.4, 0.5) is 0 Å². The van der Waals surface area contributed by atoms with Gasteiger partial charge in [0.05, 0.1) is 0 Å². The minimum atomic E-state index is 0.227. The molecule has 1 heteroatoms. The van der Waals surface area contributed by atoms with Gasteiger partial charge in [0, 0.05) is 6.42 Å². The average Bonchev–Trinajstić information content (AvgIpc) is 3.03. The molecule has 4 rings (SSSR count). The van der Waals surface area contributed by atoms with Crippen molar-refractivity contribution in [1.29, 1.82) is 0 Å². The quantitative estimate of drug-likeness (QED) is 0.454. The van der Waals surface area contributed by atoms with Crippen LogP contribution in [0.1, 0.15) is 80.1 Å². The Labute approximate surface area is 179 Å². The van der Waals surface area contributed by atoms with Gasteiger partial charge in [0.15, 0.2) is 5.78 Å². The van der Waals surface area contributed by atoms with Crippen molar-refractivity contribution in [3.8, 4) is 0 Å². The Morgan fingerprint density at radius 3 is 2.48 bits per heavy atom. The van der Waals surface area contributed by atoms with Crippen LogP contribution in [-0.2, 0) is 4.79 Å². The van der Waals surface area contributed by atoms with Crippen LogP contribution < -0.4 is 0 Å². The van der Waals surface area contributed by atoms with Gasteiger partial charge in [-0.2, -0.15) is 0 Å². The average molecular weight is 395 g/mol. The molecule has 29 heavy (non-hydrogen) atoms. The molecule has 0 aromatic carbocycles. The topological polar surface area (TPSA) is 17.1 Å². The van der Waals surface area contributed by atoms with Crippen molar-refractivity contribution >= 4 is 5.78 Å². The van der Waals surface area contributed by atoms with Crippen LogP contribution in [-0.4, -0.2) is 5.78 Å². The first-order valence-electron chi connectivity index (χ1n) is 12.3. The van der Waals surface area contributed by atoms with Crippen molar-refractivity contribution in [2.24, 2.45) is 52.3 Å². The van der Waals surface area contributed by atoms with Crippen molar-refractivity contribution in [3.05, 3.63) is 36.0 Å². The molecule has 0 spiro atoms. The molecule has 4 aliphatic rings. The number of ketones is 1. The summed E-state index contributed by atoms with van der Waals surface area (Å²) in [4.78, 5) is 12.0. The molecule has 0 bridgehead atoms. The number of rotatable bonds is 4. The first-order chi connectivity index (χ1) is 13.7. The van der Waals surface area contributed by atoms with Crippen LogP contribution >= 0.6 is 0 Å². The Morgan fingerprint density at radius 2 is 1.76 bits per heavy atom. The molecule has 1 nitrogen and oxygen atoms in total. The zero-order valence-electron chi connectivity index (χ0n) is 19.6. The van der Waals surface area contributed by atoms with Gasteiger partial charge in [-0.05, 0) is 96.0 Å². The summed E-state index contributed by atoms with van der Waals surface area (Å²) in [7, 11) is 0. The van der Waals surface area contributed by atoms with Gasteiger partial charge >= 0.3 is 0 Å². The smallest absolute Gasteiger partial charge is 0.156 e. The second-order valence-electron chi connectivity index (χ2n) is 11.7. The lowest BCUT2D eigenvalue weighted by atomic mass is 9.48. The van der Waals surface area contributed by atoms with Crippen molar-refractivity contribution in [2.45, 2.75) is 80.1 Å². The van der Waals surface area contributed by atoms with Crippen LogP contribution in [0.2, 0.25) is 0 Å². The molecular weight excluding hydrogens is 352 g/mol. The summed E-state index contributed by atoms with van der Waals surface area (Å²) in [5, 5.41) is 0. The van der Waals surface area contributed by atoms with Gasteiger partial charge < -0.3 is 0 Å². The predicted octanol–water partition coefficient (Wildman–Crippen LogP) is 7.39. The Kier molecular flexibility index (Phi) is 5.50. The Balaban J connectivity index is 1.57. The normalized spacial score (nSPS) is 43.7. The highest BCUT2D eigenvalue weighted by molar-refractivity contribution is 5.92. The molecule has 8 atom stereocenters. The lowest BCUT2D eigenvalue weighted by molar-refractivity contribution is -0.116. The van der Waals surface area contributed by atoms with Crippen molar-refractivity contribution in [1.82, 2.24) is 0 Å². The minimum Gasteiger partial charge on any atom is -0.295 e. The number of fused-ring (bicyclic) bond motifs is 5. The van der Waals surface area contributed by atoms with Crippen molar-refractivity contribution in [3.63, 3.8) is 0 Å². The van der Waals surface area contributed by atoms with E-state index in [1.165, 1.54) is 31.3 Å². The van der Waals surface area contributed by atoms with Gasteiger partial charge in [0.2, 0.25) is 0 Å². The van der Waals surface area contributed by atoms with Gasteiger partial charge in [0.25, 0.3) is 0 Å². The maximum atomic E-state index is 12.0. The molecule has 0 aromatic rings. The van der Waals surface area contributed by atoms with Gasteiger partial charge in [-0.15, -0.1) is 0 Å². The third kappa shape index (κ3) is 3.41. The third-order valence-corrected chi connectivity index (χ3v) is 9.99. The molecule has 0 radical (unpaired) electrons. The van der Waals surface area contributed by atoms with Gasteiger partial charge in [-0.3, -0.25) is 4.79 Å². The molecule has 2 saturated carbocycles. The summed E-state index contributed by atoms with van der Waals surface area (Å²) in [6, 6.07) is 0. The van der Waals surface area contributed by atoms with E-state index >= 15 is 0 Å². The number of hydrogen-bond acceptors (Lipinski definition) is 1. The highest BCUT2D eigenvalue weighted by Gasteiger charge is 2.58. The molecular formula is C28H42O. The van der Waals surface area contributed by atoms with Crippen LogP contribution in [0.25, 0.3) is 0 Å². The number of carbonyl (C=O) groups is 1. The third-order valence-electron chi connectivity index (χ3n) is 9.99. The molecule has 0 unspecified atom stereocenters. The van der Waals surface area contributed by atoms with Gasteiger partial charge in [-0.25, -0.2) is 0 Å². The monoisotopic (exact) mass is 394 g/mol. The fourth-order valence-electron chi connectivity index (χ4n) is 7.61. The highest BCUT2D eigenvalue weighted by atomic mass is 16.1. The summed E-state index contributed by atoms with van der Waals surface area (Å²) < 4.78 is 0. The minimum absolute atomic E-state index is 0.227. The van der Waals surface area contributed by atoms with Crippen LogP contribution in [0.15, 0.2) is 36.0 Å². The van der Waals surface area contributed by atoms with Crippen LogP contribution in [0.3, 0.4) is 0 Å². The molecule has 0 N–H and O–H groups in total. The molecule has 0 amide bonds. The van der Waals surface area contributed by atoms with E-state index in [4.69, 9.17) is 0 Å². The van der Waals surface area contributed by atoms with Gasteiger partial charge in [0.1, 0.15) is 0 Å². The highest BCUT2D eigenvalue weighted by Crippen LogP contribution is 2.66. The zero-order valence-corrected chi connectivity index (χ0v) is 19.6. The maximum Gasteiger partial charge on any atom is 0.156 e. The Bertz CT molecular complexity index is 739. The number of allylic oxidation sites excluding steroid dienone is 6. The molecule has 0 saturated heterocycles. The lowest BCUT2D eigenvalue weighted by Gasteiger charge is -2.56. The van der Waals surface area contributed by atoms with E-state index in [2.05, 4.69) is 65.8 Å². The van der Waals surface area contributed by atoms with E-state index in [1.807, 2.05) is 6.08 Å². The standard InChI is InChI=1S/C28H42O/c1-18(2)19(3)7-8-20(4)24-11-12-25-23-10-9-21-17-22(29)13-15-27(21,5)26(23)14-16-28(24,25)6/h7-10,17-20,23-26H,11-16H2,1-6H3/t19-,20+,23-,24+,25-,26-,27-,28+/m0/s1. The Hall–Kier alpha value is -1.11. The summed E-state index contributed by atoms with van der Waals surface area (Å²) in [5.74, 6) is 5.46. The second kappa shape index (κ2) is 7.54. The maximum absolute atomic E-state index is 12.0. The second-order valence-corrected chi connectivity index (χ2v) is 11.7. The summed E-state index contributed by atoms with van der Waals surface area (Å²) in [5.41, 5.74) is 2.02. The lowest BCUT2D eigenvalue weighted by Crippen LogP contribution is -2.49. The fraction of sp³-hybridized carbons (Fsp3) is 0.750. The van der Waals surface area contributed by atoms with Crippen molar-refractivity contribution < 1.29 is 4.79 Å². The van der Waals surface area contributed by atoms with Gasteiger partial charge in [-0.1, -0.05) is 65.8 Å². The predicted molar refractivity (Wildman–Crippen MR) is 122 cm³/mol. The van der Waals surface area contributed by atoms with E-state index in [9.17, 15) is 4.79 Å². The largest absolute Gasteiger partial charge is 0.295 e.